The molecule has 0 aliphatic rings. The molecule has 0 aromatic heterocycles. The third-order valence-electron chi connectivity index (χ3n) is 3.47. The van der Waals surface area contributed by atoms with Crippen molar-refractivity contribution in [3.05, 3.63) is 70.8 Å². The van der Waals surface area contributed by atoms with Crippen LogP contribution >= 0.6 is 0 Å². The molecule has 1 amide bonds. The Hall–Kier alpha value is -2.86. The number of nitriles is 1. The first kappa shape index (κ1) is 15.5. The lowest BCUT2D eigenvalue weighted by Crippen LogP contribution is -2.13. The highest BCUT2D eigenvalue weighted by molar-refractivity contribution is 6.09. The summed E-state index contributed by atoms with van der Waals surface area (Å²) < 4.78 is 0. The van der Waals surface area contributed by atoms with E-state index < -0.39 is 5.91 Å². The van der Waals surface area contributed by atoms with Crippen LogP contribution in [0.1, 0.15) is 23.6 Å². The number of carbonyl (C=O) groups is 1. The Morgan fingerprint density at radius 3 is 2.45 bits per heavy atom. The Balaban J connectivity index is 2.19. The van der Waals surface area contributed by atoms with Crippen LogP contribution in [0.4, 0.5) is 5.69 Å². The van der Waals surface area contributed by atoms with E-state index in [2.05, 4.69) is 12.2 Å². The molecule has 0 atom stereocenters. The van der Waals surface area contributed by atoms with E-state index in [-0.39, 0.29) is 5.57 Å². The highest BCUT2D eigenvalue weighted by Crippen LogP contribution is 2.15. The van der Waals surface area contributed by atoms with Crippen LogP contribution in [-0.2, 0) is 11.2 Å². The van der Waals surface area contributed by atoms with Gasteiger partial charge >= 0.3 is 0 Å². The van der Waals surface area contributed by atoms with Gasteiger partial charge in [0.2, 0.25) is 0 Å². The predicted octanol–water partition coefficient (Wildman–Crippen LogP) is 4.10. The van der Waals surface area contributed by atoms with Gasteiger partial charge < -0.3 is 5.32 Å². The van der Waals surface area contributed by atoms with Crippen molar-refractivity contribution in [1.82, 2.24) is 0 Å². The highest BCUT2D eigenvalue weighted by atomic mass is 16.1. The zero-order chi connectivity index (χ0) is 15.9. The lowest BCUT2D eigenvalue weighted by molar-refractivity contribution is -0.112. The van der Waals surface area contributed by atoms with E-state index in [9.17, 15) is 10.1 Å². The fraction of sp³-hybridized carbons (Fsp3) is 0.158. The average molecular weight is 290 g/mol. The minimum absolute atomic E-state index is 0.0915. The number of rotatable bonds is 4. The van der Waals surface area contributed by atoms with E-state index in [1.165, 1.54) is 5.56 Å². The van der Waals surface area contributed by atoms with E-state index in [1.54, 1.807) is 6.08 Å². The minimum atomic E-state index is -0.394. The fourth-order valence-corrected chi connectivity index (χ4v) is 2.08. The summed E-state index contributed by atoms with van der Waals surface area (Å²) in [4.78, 5) is 12.2. The number of anilines is 1. The van der Waals surface area contributed by atoms with Crippen molar-refractivity contribution >= 4 is 17.7 Å². The summed E-state index contributed by atoms with van der Waals surface area (Å²) in [6, 6.07) is 17.2. The van der Waals surface area contributed by atoms with Gasteiger partial charge in [0.25, 0.3) is 5.91 Å². The summed E-state index contributed by atoms with van der Waals surface area (Å²) in [6.45, 7) is 4.02. The second-order valence-electron chi connectivity index (χ2n) is 5.03. The molecular formula is C19H18N2O. The summed E-state index contributed by atoms with van der Waals surface area (Å²) in [7, 11) is 0. The summed E-state index contributed by atoms with van der Waals surface area (Å²) in [6.07, 6.45) is 2.57. The minimum Gasteiger partial charge on any atom is -0.321 e. The van der Waals surface area contributed by atoms with Gasteiger partial charge in [-0.3, -0.25) is 4.79 Å². The standard InChI is InChI=1S/C19H18N2O/c1-3-15-8-10-18(11-9-15)21-19(22)17(13-20)12-16-7-5-4-6-14(16)2/h4-12H,3H2,1-2H3,(H,21,22)/b17-12-. The second kappa shape index (κ2) is 7.24. The Labute approximate surface area is 130 Å². The van der Waals surface area contributed by atoms with E-state index in [1.807, 2.05) is 61.5 Å². The molecule has 2 aromatic carbocycles. The van der Waals surface area contributed by atoms with Crippen molar-refractivity contribution in [2.24, 2.45) is 0 Å². The number of hydrogen-bond donors (Lipinski definition) is 1. The smallest absolute Gasteiger partial charge is 0.266 e. The van der Waals surface area contributed by atoms with E-state index >= 15 is 0 Å². The molecule has 110 valence electrons. The number of nitrogens with zero attached hydrogens (tertiary/aromatic N) is 1. The van der Waals surface area contributed by atoms with Gasteiger partial charge in [-0.1, -0.05) is 43.3 Å². The summed E-state index contributed by atoms with van der Waals surface area (Å²) in [5.74, 6) is -0.394. The van der Waals surface area contributed by atoms with Gasteiger partial charge in [-0.25, -0.2) is 0 Å². The quantitative estimate of drug-likeness (QED) is 0.680. The zero-order valence-electron chi connectivity index (χ0n) is 12.8. The molecule has 0 radical (unpaired) electrons. The number of carbonyl (C=O) groups excluding carboxylic acids is 1. The molecule has 2 rings (SSSR count). The molecule has 0 aliphatic carbocycles. The van der Waals surface area contributed by atoms with Crippen molar-refractivity contribution in [3.8, 4) is 6.07 Å². The topological polar surface area (TPSA) is 52.9 Å². The van der Waals surface area contributed by atoms with E-state index in [0.29, 0.717) is 5.69 Å². The normalized spacial score (nSPS) is 10.9. The van der Waals surface area contributed by atoms with Crippen molar-refractivity contribution in [2.75, 3.05) is 5.32 Å². The fourth-order valence-electron chi connectivity index (χ4n) is 2.08. The number of amides is 1. The first-order valence-corrected chi connectivity index (χ1v) is 7.21. The number of benzene rings is 2. The maximum absolute atomic E-state index is 12.2. The molecule has 22 heavy (non-hydrogen) atoms. The molecule has 2 aromatic rings. The van der Waals surface area contributed by atoms with Crippen molar-refractivity contribution < 1.29 is 4.79 Å². The van der Waals surface area contributed by atoms with Crippen LogP contribution in [0.3, 0.4) is 0 Å². The van der Waals surface area contributed by atoms with Crippen molar-refractivity contribution in [3.63, 3.8) is 0 Å². The monoisotopic (exact) mass is 290 g/mol. The Kier molecular flexibility index (Phi) is 5.11. The summed E-state index contributed by atoms with van der Waals surface area (Å²) in [5.41, 5.74) is 3.88. The van der Waals surface area contributed by atoms with Crippen LogP contribution in [0.25, 0.3) is 6.08 Å². The summed E-state index contributed by atoms with van der Waals surface area (Å²) >= 11 is 0. The van der Waals surface area contributed by atoms with Crippen LogP contribution < -0.4 is 5.32 Å². The number of hydrogen-bond acceptors (Lipinski definition) is 2. The van der Waals surface area contributed by atoms with Gasteiger partial charge in [-0.05, 0) is 48.2 Å². The molecule has 3 nitrogen and oxygen atoms in total. The molecule has 0 spiro atoms. The zero-order valence-corrected chi connectivity index (χ0v) is 12.8. The van der Waals surface area contributed by atoms with Gasteiger partial charge in [0.05, 0.1) is 0 Å². The Morgan fingerprint density at radius 2 is 1.86 bits per heavy atom. The van der Waals surface area contributed by atoms with E-state index in [4.69, 9.17) is 0 Å². The van der Waals surface area contributed by atoms with Crippen LogP contribution in [0.5, 0.6) is 0 Å². The average Bonchev–Trinajstić information content (AvgIpc) is 2.54. The van der Waals surface area contributed by atoms with Crippen LogP contribution in [0.2, 0.25) is 0 Å². The Bertz CT molecular complexity index is 737. The Morgan fingerprint density at radius 1 is 1.18 bits per heavy atom. The van der Waals surface area contributed by atoms with Gasteiger partial charge in [0.15, 0.2) is 0 Å². The van der Waals surface area contributed by atoms with Crippen LogP contribution in [0, 0.1) is 18.3 Å². The van der Waals surface area contributed by atoms with Crippen LogP contribution in [0.15, 0.2) is 54.1 Å². The number of aryl methyl sites for hydroxylation is 2. The van der Waals surface area contributed by atoms with Gasteiger partial charge in [-0.15, -0.1) is 0 Å². The lowest BCUT2D eigenvalue weighted by atomic mass is 10.1. The number of nitrogens with one attached hydrogen (secondary N) is 1. The third kappa shape index (κ3) is 3.83. The molecule has 0 fully saturated rings. The van der Waals surface area contributed by atoms with Gasteiger partial charge in [0.1, 0.15) is 11.6 Å². The van der Waals surface area contributed by atoms with E-state index in [0.717, 1.165) is 17.5 Å². The molecule has 0 saturated heterocycles. The maximum Gasteiger partial charge on any atom is 0.266 e. The van der Waals surface area contributed by atoms with Crippen molar-refractivity contribution in [1.29, 1.82) is 5.26 Å². The maximum atomic E-state index is 12.2. The molecule has 0 aliphatic heterocycles. The van der Waals surface area contributed by atoms with Crippen LogP contribution in [-0.4, -0.2) is 5.91 Å². The predicted molar refractivity (Wildman–Crippen MR) is 89.2 cm³/mol. The molecule has 0 heterocycles. The highest BCUT2D eigenvalue weighted by Gasteiger charge is 2.10. The van der Waals surface area contributed by atoms with Crippen molar-refractivity contribution in [2.45, 2.75) is 20.3 Å². The first-order valence-electron chi connectivity index (χ1n) is 7.21. The molecule has 0 bridgehead atoms. The molecule has 0 unspecified atom stereocenters. The lowest BCUT2D eigenvalue weighted by Gasteiger charge is -2.06. The molecule has 1 N–H and O–H groups in total. The first-order chi connectivity index (χ1) is 10.6. The molecule has 0 saturated carbocycles. The molecule has 3 heteroatoms. The van der Waals surface area contributed by atoms with Gasteiger partial charge in [0, 0.05) is 5.69 Å². The summed E-state index contributed by atoms with van der Waals surface area (Å²) in [5, 5.41) is 12.0. The molecular weight excluding hydrogens is 272 g/mol. The SMILES string of the molecule is CCc1ccc(NC(=O)/C(C#N)=C\c2ccccc2C)cc1. The third-order valence-corrected chi connectivity index (χ3v) is 3.47. The largest absolute Gasteiger partial charge is 0.321 e. The second-order valence-corrected chi connectivity index (χ2v) is 5.03. The van der Waals surface area contributed by atoms with Gasteiger partial charge in [-0.2, -0.15) is 5.26 Å².